The zero-order valence-electron chi connectivity index (χ0n) is 14.2. The van der Waals surface area contributed by atoms with E-state index in [1.165, 1.54) is 0 Å². The minimum absolute atomic E-state index is 0.136. The lowest BCUT2D eigenvalue weighted by Crippen LogP contribution is -2.45. The van der Waals surface area contributed by atoms with E-state index in [9.17, 15) is 4.79 Å². The second-order valence-electron chi connectivity index (χ2n) is 6.94. The molecule has 0 saturated heterocycles. The lowest BCUT2D eigenvalue weighted by Gasteiger charge is -2.27. The van der Waals surface area contributed by atoms with Crippen molar-refractivity contribution in [3.05, 3.63) is 47.5 Å². The lowest BCUT2D eigenvalue weighted by atomic mass is 9.93. The molecule has 4 rings (SSSR count). The average molecular weight is 325 g/mol. The van der Waals surface area contributed by atoms with Crippen LogP contribution in [0.25, 0.3) is 0 Å². The zero-order chi connectivity index (χ0) is 16.7. The number of para-hydroxylation sites is 1. The number of methoxy groups -OCH3 is 1. The Kier molecular flexibility index (Phi) is 3.59. The molecule has 1 fully saturated rings. The molecular formula is C19H23N3O2. The van der Waals surface area contributed by atoms with Gasteiger partial charge in [-0.25, -0.2) is 4.98 Å². The number of aryl methyl sites for hydroxylation is 2. The monoisotopic (exact) mass is 325 g/mol. The Morgan fingerprint density at radius 3 is 2.92 bits per heavy atom. The van der Waals surface area contributed by atoms with E-state index >= 15 is 0 Å². The van der Waals surface area contributed by atoms with E-state index in [0.29, 0.717) is 0 Å². The summed E-state index contributed by atoms with van der Waals surface area (Å²) in [5, 5.41) is 3.28. The quantitative estimate of drug-likeness (QED) is 0.939. The Bertz CT molecular complexity index is 777. The molecule has 1 atom stereocenters. The SMILES string of the molecule is COc1ccccc1C1(C(=O)N[C@H]2CCc3nc(C)cn3C2)CC1. The summed E-state index contributed by atoms with van der Waals surface area (Å²) in [6.07, 6.45) is 5.72. The van der Waals surface area contributed by atoms with E-state index in [0.717, 1.165) is 55.1 Å². The van der Waals surface area contributed by atoms with Crippen LogP contribution in [0.2, 0.25) is 0 Å². The number of fused-ring (bicyclic) bond motifs is 1. The van der Waals surface area contributed by atoms with Gasteiger partial charge < -0.3 is 14.6 Å². The Labute approximate surface area is 142 Å². The average Bonchev–Trinajstić information content (AvgIpc) is 3.31. The number of imidazole rings is 1. The van der Waals surface area contributed by atoms with Gasteiger partial charge in [-0.05, 0) is 32.3 Å². The van der Waals surface area contributed by atoms with Crippen molar-refractivity contribution in [3.8, 4) is 5.75 Å². The fourth-order valence-corrected chi connectivity index (χ4v) is 3.81. The van der Waals surface area contributed by atoms with Crippen LogP contribution in [0.5, 0.6) is 5.75 Å². The molecule has 2 aromatic rings. The van der Waals surface area contributed by atoms with Gasteiger partial charge >= 0.3 is 0 Å². The van der Waals surface area contributed by atoms with Crippen molar-refractivity contribution in [2.75, 3.05) is 7.11 Å². The number of amides is 1. The standard InChI is InChI=1S/C19H23N3O2/c1-13-11-22-12-14(7-8-17(22)20-13)21-18(23)19(9-10-19)15-5-3-4-6-16(15)24-2/h3-6,11,14H,7-10,12H2,1-2H3,(H,21,23)/t14-/m0/s1. The van der Waals surface area contributed by atoms with E-state index in [1.807, 2.05) is 31.2 Å². The first-order valence-electron chi connectivity index (χ1n) is 8.59. The van der Waals surface area contributed by atoms with Gasteiger partial charge in [0.15, 0.2) is 0 Å². The molecular weight excluding hydrogens is 302 g/mol. The van der Waals surface area contributed by atoms with E-state index in [1.54, 1.807) is 7.11 Å². The van der Waals surface area contributed by atoms with E-state index in [4.69, 9.17) is 4.74 Å². The van der Waals surface area contributed by atoms with Gasteiger partial charge in [0.25, 0.3) is 0 Å². The highest BCUT2D eigenvalue weighted by Crippen LogP contribution is 2.51. The van der Waals surface area contributed by atoms with Gasteiger partial charge in [0.05, 0.1) is 18.2 Å². The number of carbonyl (C=O) groups is 1. The van der Waals surface area contributed by atoms with E-state index < -0.39 is 5.41 Å². The second kappa shape index (κ2) is 5.65. The van der Waals surface area contributed by atoms with E-state index in [-0.39, 0.29) is 11.9 Å². The summed E-state index contributed by atoms with van der Waals surface area (Å²) in [5.74, 6) is 2.07. The maximum atomic E-state index is 13.0. The number of carbonyl (C=O) groups excluding carboxylic acids is 1. The molecule has 1 aliphatic carbocycles. The van der Waals surface area contributed by atoms with Crippen LogP contribution in [-0.2, 0) is 23.2 Å². The number of hydrogen-bond donors (Lipinski definition) is 1. The number of rotatable bonds is 4. The Balaban J connectivity index is 1.51. The summed E-state index contributed by atoms with van der Waals surface area (Å²) < 4.78 is 7.64. The van der Waals surface area contributed by atoms with Gasteiger partial charge in [0, 0.05) is 30.8 Å². The van der Waals surface area contributed by atoms with Crippen LogP contribution >= 0.6 is 0 Å². The van der Waals surface area contributed by atoms with Gasteiger partial charge in [-0.1, -0.05) is 18.2 Å². The van der Waals surface area contributed by atoms with Crippen molar-refractivity contribution in [2.24, 2.45) is 0 Å². The minimum atomic E-state index is -0.405. The molecule has 0 radical (unpaired) electrons. The summed E-state index contributed by atoms with van der Waals surface area (Å²) in [7, 11) is 1.66. The van der Waals surface area contributed by atoms with Crippen molar-refractivity contribution < 1.29 is 9.53 Å². The maximum Gasteiger partial charge on any atom is 0.231 e. The summed E-state index contributed by atoms with van der Waals surface area (Å²) in [4.78, 5) is 17.5. The molecule has 1 aromatic heterocycles. The second-order valence-corrected chi connectivity index (χ2v) is 6.94. The Hall–Kier alpha value is -2.30. The van der Waals surface area contributed by atoms with Crippen LogP contribution in [0.3, 0.4) is 0 Å². The maximum absolute atomic E-state index is 13.0. The van der Waals surface area contributed by atoms with Crippen molar-refractivity contribution in [2.45, 2.75) is 50.6 Å². The topological polar surface area (TPSA) is 56.1 Å². The van der Waals surface area contributed by atoms with Gasteiger partial charge in [-0.2, -0.15) is 0 Å². The number of ether oxygens (including phenoxy) is 1. The Morgan fingerprint density at radius 2 is 2.17 bits per heavy atom. The number of hydrogen-bond acceptors (Lipinski definition) is 3. The summed E-state index contributed by atoms with van der Waals surface area (Å²) in [6.45, 7) is 2.82. The van der Waals surface area contributed by atoms with Gasteiger partial charge in [0.1, 0.15) is 11.6 Å². The number of nitrogens with one attached hydrogen (secondary N) is 1. The molecule has 2 aliphatic rings. The van der Waals surface area contributed by atoms with Crippen LogP contribution < -0.4 is 10.1 Å². The first kappa shape index (κ1) is 15.2. The van der Waals surface area contributed by atoms with Crippen molar-refractivity contribution in [1.29, 1.82) is 0 Å². The zero-order valence-corrected chi connectivity index (χ0v) is 14.2. The predicted octanol–water partition coefficient (Wildman–Crippen LogP) is 2.36. The predicted molar refractivity (Wildman–Crippen MR) is 91.1 cm³/mol. The highest BCUT2D eigenvalue weighted by atomic mass is 16.5. The molecule has 1 N–H and O–H groups in total. The minimum Gasteiger partial charge on any atom is -0.496 e. The molecule has 0 unspecified atom stereocenters. The molecule has 126 valence electrons. The van der Waals surface area contributed by atoms with Crippen LogP contribution in [0.15, 0.2) is 30.5 Å². The molecule has 0 spiro atoms. The summed E-state index contributed by atoms with van der Waals surface area (Å²) >= 11 is 0. The molecule has 24 heavy (non-hydrogen) atoms. The van der Waals surface area contributed by atoms with E-state index in [2.05, 4.69) is 21.1 Å². The Morgan fingerprint density at radius 1 is 1.38 bits per heavy atom. The molecule has 1 saturated carbocycles. The van der Waals surface area contributed by atoms with Crippen LogP contribution in [0.1, 0.15) is 36.3 Å². The largest absolute Gasteiger partial charge is 0.496 e. The van der Waals surface area contributed by atoms with Crippen molar-refractivity contribution in [3.63, 3.8) is 0 Å². The molecule has 1 aliphatic heterocycles. The van der Waals surface area contributed by atoms with Gasteiger partial charge in [0.2, 0.25) is 5.91 Å². The third-order valence-corrected chi connectivity index (χ3v) is 5.26. The normalized spacial score (nSPS) is 21.0. The molecule has 1 amide bonds. The molecule has 5 nitrogen and oxygen atoms in total. The third kappa shape index (κ3) is 2.48. The molecule has 0 bridgehead atoms. The number of nitrogens with zero attached hydrogens (tertiary/aromatic N) is 2. The van der Waals surface area contributed by atoms with Gasteiger partial charge in [-0.15, -0.1) is 0 Å². The summed E-state index contributed by atoms with van der Waals surface area (Å²) in [5.41, 5.74) is 1.65. The molecule has 5 heteroatoms. The first-order chi connectivity index (χ1) is 11.6. The molecule has 2 heterocycles. The fraction of sp³-hybridized carbons (Fsp3) is 0.474. The number of benzene rings is 1. The van der Waals surface area contributed by atoms with Crippen molar-refractivity contribution >= 4 is 5.91 Å². The number of aromatic nitrogens is 2. The third-order valence-electron chi connectivity index (χ3n) is 5.26. The summed E-state index contributed by atoms with van der Waals surface area (Å²) in [6, 6.07) is 8.05. The fourth-order valence-electron chi connectivity index (χ4n) is 3.81. The van der Waals surface area contributed by atoms with Crippen molar-refractivity contribution in [1.82, 2.24) is 14.9 Å². The van der Waals surface area contributed by atoms with Crippen LogP contribution in [0, 0.1) is 6.92 Å². The first-order valence-corrected chi connectivity index (χ1v) is 8.59. The molecule has 1 aromatic carbocycles. The lowest BCUT2D eigenvalue weighted by molar-refractivity contribution is -0.124. The smallest absolute Gasteiger partial charge is 0.231 e. The highest BCUT2D eigenvalue weighted by molar-refractivity contribution is 5.92. The van der Waals surface area contributed by atoms with Crippen LogP contribution in [0.4, 0.5) is 0 Å². The van der Waals surface area contributed by atoms with Crippen LogP contribution in [-0.4, -0.2) is 28.6 Å². The van der Waals surface area contributed by atoms with Gasteiger partial charge in [-0.3, -0.25) is 4.79 Å². The highest BCUT2D eigenvalue weighted by Gasteiger charge is 2.53.